The number of nitrogens with zero attached hydrogens (tertiary/aromatic N) is 3. The van der Waals surface area contributed by atoms with Gasteiger partial charge in [0.15, 0.2) is 0 Å². The molecule has 0 aliphatic rings. The first-order valence-electron chi connectivity index (χ1n) is 15.8. The molecule has 4 heterocycles. The fraction of sp³-hybridized carbons (Fsp3) is 0. The van der Waals surface area contributed by atoms with E-state index >= 15 is 0 Å². The van der Waals surface area contributed by atoms with E-state index in [-0.39, 0.29) is 0 Å². The minimum absolute atomic E-state index is 0.919. The highest BCUT2D eigenvalue weighted by Gasteiger charge is 2.26. The monoisotopic (exact) mass is 583 g/mol. The van der Waals surface area contributed by atoms with Crippen molar-refractivity contribution in [1.29, 1.82) is 0 Å². The van der Waals surface area contributed by atoms with Crippen LogP contribution in [-0.4, -0.2) is 14.0 Å². The van der Waals surface area contributed by atoms with Crippen molar-refractivity contribution in [3.63, 3.8) is 0 Å². The summed E-state index contributed by atoms with van der Waals surface area (Å²) in [6.45, 7) is 0. The largest absolute Gasteiger partial charge is 0.294 e. The van der Waals surface area contributed by atoms with Gasteiger partial charge >= 0.3 is 0 Å². The van der Waals surface area contributed by atoms with Gasteiger partial charge in [0.2, 0.25) is 0 Å². The zero-order valence-corrected chi connectivity index (χ0v) is 24.8. The Labute approximate surface area is 263 Å². The van der Waals surface area contributed by atoms with Crippen molar-refractivity contribution in [2.24, 2.45) is 0 Å². The number of rotatable bonds is 2. The van der Waals surface area contributed by atoms with E-state index in [9.17, 15) is 0 Å². The maximum absolute atomic E-state index is 5.52. The maximum Gasteiger partial charge on any atom is 0.140 e. The van der Waals surface area contributed by atoms with Crippen LogP contribution in [0.4, 0.5) is 0 Å². The Morgan fingerprint density at radius 3 is 1.83 bits per heavy atom. The number of para-hydroxylation sites is 1. The average Bonchev–Trinajstić information content (AvgIpc) is 3.74. The van der Waals surface area contributed by atoms with Gasteiger partial charge in [0.1, 0.15) is 11.5 Å². The Kier molecular flexibility index (Phi) is 4.58. The van der Waals surface area contributed by atoms with Gasteiger partial charge in [-0.05, 0) is 57.3 Å². The van der Waals surface area contributed by atoms with E-state index < -0.39 is 0 Å². The molecule has 0 aliphatic heterocycles. The minimum atomic E-state index is 0.919. The fourth-order valence-electron chi connectivity index (χ4n) is 8.04. The van der Waals surface area contributed by atoms with Crippen LogP contribution in [0.2, 0.25) is 0 Å². The topological polar surface area (TPSA) is 22.2 Å². The summed E-state index contributed by atoms with van der Waals surface area (Å²) in [5, 5.41) is 13.7. The normalized spacial score (nSPS) is 12.3. The number of pyridine rings is 1. The molecule has 0 fully saturated rings. The Morgan fingerprint density at radius 1 is 0.413 bits per heavy atom. The molecule has 0 saturated heterocycles. The molecule has 0 saturated carbocycles. The summed E-state index contributed by atoms with van der Waals surface area (Å²) < 4.78 is 4.93. The van der Waals surface area contributed by atoms with E-state index in [1.165, 1.54) is 64.9 Å². The predicted molar refractivity (Wildman–Crippen MR) is 194 cm³/mol. The zero-order valence-electron chi connectivity index (χ0n) is 24.8. The second kappa shape index (κ2) is 8.71. The van der Waals surface area contributed by atoms with Crippen molar-refractivity contribution >= 4 is 81.4 Å². The van der Waals surface area contributed by atoms with Gasteiger partial charge in [-0.2, -0.15) is 0 Å². The van der Waals surface area contributed by atoms with Crippen LogP contribution < -0.4 is 0 Å². The molecule has 3 heteroatoms. The highest BCUT2D eigenvalue weighted by atomic mass is 15.2. The molecule has 0 spiro atoms. The van der Waals surface area contributed by atoms with Crippen LogP contribution >= 0.6 is 0 Å². The summed E-state index contributed by atoms with van der Waals surface area (Å²) in [6.07, 6.45) is 0. The zero-order chi connectivity index (χ0) is 29.9. The van der Waals surface area contributed by atoms with Gasteiger partial charge in [0.25, 0.3) is 0 Å². The van der Waals surface area contributed by atoms with Crippen LogP contribution in [0.3, 0.4) is 0 Å². The molecule has 4 aromatic heterocycles. The highest BCUT2D eigenvalue weighted by Crippen LogP contribution is 2.47. The third kappa shape index (κ3) is 3.04. The van der Waals surface area contributed by atoms with E-state index in [1.54, 1.807) is 0 Å². The van der Waals surface area contributed by atoms with Crippen LogP contribution in [0, 0.1) is 0 Å². The van der Waals surface area contributed by atoms with Gasteiger partial charge in [0.05, 0.1) is 22.2 Å². The lowest BCUT2D eigenvalue weighted by Gasteiger charge is -2.13. The summed E-state index contributed by atoms with van der Waals surface area (Å²) in [6, 6.07) is 55.0. The summed E-state index contributed by atoms with van der Waals surface area (Å²) in [4.78, 5) is 5.52. The average molecular weight is 584 g/mol. The molecule has 0 aliphatic carbocycles. The van der Waals surface area contributed by atoms with Crippen molar-refractivity contribution in [2.75, 3.05) is 0 Å². The highest BCUT2D eigenvalue weighted by molar-refractivity contribution is 6.35. The van der Waals surface area contributed by atoms with Gasteiger partial charge in [0, 0.05) is 37.9 Å². The smallest absolute Gasteiger partial charge is 0.140 e. The SMILES string of the molecule is c1ccc(-c2nc(-n3c4cc5ccccc5cc4c4c5cc6ccccc6c6c7ccccc7n(c56)c43)cc3ccccc23)cc1. The molecule has 0 amide bonds. The van der Waals surface area contributed by atoms with Crippen molar-refractivity contribution in [3.05, 3.63) is 152 Å². The van der Waals surface area contributed by atoms with Gasteiger partial charge in [-0.25, -0.2) is 4.98 Å². The fourth-order valence-corrected chi connectivity index (χ4v) is 8.04. The lowest BCUT2D eigenvalue weighted by atomic mass is 9.99. The predicted octanol–water partition coefficient (Wildman–Crippen LogP) is 11.3. The summed E-state index contributed by atoms with van der Waals surface area (Å²) in [5.41, 5.74) is 6.92. The molecule has 11 aromatic rings. The van der Waals surface area contributed by atoms with E-state index in [1.807, 2.05) is 0 Å². The number of hydrogen-bond donors (Lipinski definition) is 0. The molecule has 0 atom stereocenters. The minimum Gasteiger partial charge on any atom is -0.294 e. The molecule has 212 valence electrons. The number of aromatic nitrogens is 3. The van der Waals surface area contributed by atoms with Crippen LogP contribution in [-0.2, 0) is 0 Å². The molecular formula is C43H25N3. The third-order valence-corrected chi connectivity index (χ3v) is 9.95. The summed E-state index contributed by atoms with van der Waals surface area (Å²) >= 11 is 0. The molecular weight excluding hydrogens is 558 g/mol. The first-order valence-corrected chi connectivity index (χ1v) is 15.8. The Morgan fingerprint density at radius 2 is 1.02 bits per heavy atom. The second-order valence-corrected chi connectivity index (χ2v) is 12.4. The molecule has 0 unspecified atom stereocenters. The van der Waals surface area contributed by atoms with Gasteiger partial charge in [-0.1, -0.05) is 121 Å². The Bertz CT molecular complexity index is 3020. The first kappa shape index (κ1) is 24.2. The van der Waals surface area contributed by atoms with Crippen molar-refractivity contribution in [3.8, 4) is 17.1 Å². The quantitative estimate of drug-likeness (QED) is 0.198. The van der Waals surface area contributed by atoms with Crippen molar-refractivity contribution in [1.82, 2.24) is 14.0 Å². The maximum atomic E-state index is 5.52. The number of fused-ring (bicyclic) bond motifs is 12. The van der Waals surface area contributed by atoms with E-state index in [0.717, 1.165) is 33.6 Å². The molecule has 46 heavy (non-hydrogen) atoms. The number of benzene rings is 7. The van der Waals surface area contributed by atoms with Crippen molar-refractivity contribution < 1.29 is 0 Å². The van der Waals surface area contributed by atoms with Crippen molar-refractivity contribution in [2.45, 2.75) is 0 Å². The van der Waals surface area contributed by atoms with Crippen LogP contribution in [0.1, 0.15) is 0 Å². The lowest BCUT2D eigenvalue weighted by molar-refractivity contribution is 1.06. The van der Waals surface area contributed by atoms with Gasteiger partial charge in [-0.3, -0.25) is 8.97 Å². The van der Waals surface area contributed by atoms with Crippen LogP contribution in [0.15, 0.2) is 152 Å². The van der Waals surface area contributed by atoms with E-state index in [4.69, 9.17) is 4.98 Å². The van der Waals surface area contributed by atoms with Gasteiger partial charge < -0.3 is 0 Å². The molecule has 0 radical (unpaired) electrons. The third-order valence-electron chi connectivity index (χ3n) is 9.95. The summed E-state index contributed by atoms with van der Waals surface area (Å²) in [5.74, 6) is 0.919. The standard InChI is InChI=1S/C43H25N3/c1-2-12-26(13-3-1)41-32-19-9-7-17-30(32)25-38(44-41)45-37-24-28-15-5-4-14-27(28)22-34(37)40-35-23-29-16-6-8-18-31(29)39-33-20-10-11-21-36(33)46(42(35)39)43(40)45/h1-25H. The van der Waals surface area contributed by atoms with E-state index in [0.29, 0.717) is 0 Å². The second-order valence-electron chi connectivity index (χ2n) is 12.4. The Balaban J connectivity index is 1.42. The molecule has 3 nitrogen and oxygen atoms in total. The summed E-state index contributed by atoms with van der Waals surface area (Å²) in [7, 11) is 0. The molecule has 0 N–H and O–H groups in total. The van der Waals surface area contributed by atoms with E-state index in [2.05, 4.69) is 161 Å². The van der Waals surface area contributed by atoms with Crippen LogP contribution in [0.25, 0.3) is 98.5 Å². The lowest BCUT2D eigenvalue weighted by Crippen LogP contribution is -2.01. The Hall–Kier alpha value is -6.19. The number of hydrogen-bond acceptors (Lipinski definition) is 1. The first-order chi connectivity index (χ1) is 22.8. The molecule has 7 aromatic carbocycles. The van der Waals surface area contributed by atoms with Gasteiger partial charge in [-0.15, -0.1) is 0 Å². The molecule has 11 rings (SSSR count). The van der Waals surface area contributed by atoms with Crippen LogP contribution in [0.5, 0.6) is 0 Å². The molecule has 0 bridgehead atoms.